The third-order valence-electron chi connectivity index (χ3n) is 2.24. The van der Waals surface area contributed by atoms with E-state index >= 15 is 0 Å². The summed E-state index contributed by atoms with van der Waals surface area (Å²) in [6, 6.07) is 0.309. The Morgan fingerprint density at radius 2 is 1.86 bits per heavy atom. The van der Waals surface area contributed by atoms with Gasteiger partial charge in [0.1, 0.15) is 5.69 Å². The standard InChI is InChI=1S/C11H20N2O/c1-7(2)6-10-11(14)9(5)12-13(10)8(3)4/h7-8,14H,6H2,1-5H3. The van der Waals surface area contributed by atoms with Crippen molar-refractivity contribution in [2.75, 3.05) is 0 Å². The lowest BCUT2D eigenvalue weighted by molar-refractivity contribution is 0.440. The Hall–Kier alpha value is -0.990. The van der Waals surface area contributed by atoms with Crippen molar-refractivity contribution in [2.24, 2.45) is 5.92 Å². The molecule has 0 aliphatic heterocycles. The minimum Gasteiger partial charge on any atom is -0.504 e. The Labute approximate surface area is 85.8 Å². The third-order valence-corrected chi connectivity index (χ3v) is 2.24. The van der Waals surface area contributed by atoms with Crippen LogP contribution in [0, 0.1) is 12.8 Å². The third kappa shape index (κ3) is 2.08. The van der Waals surface area contributed by atoms with Gasteiger partial charge >= 0.3 is 0 Å². The summed E-state index contributed by atoms with van der Waals surface area (Å²) in [6.07, 6.45) is 0.880. The molecule has 0 saturated heterocycles. The molecule has 1 N–H and O–H groups in total. The molecule has 0 aliphatic carbocycles. The fourth-order valence-corrected chi connectivity index (χ4v) is 1.59. The molecule has 0 saturated carbocycles. The molecule has 0 spiro atoms. The number of aromatic hydroxyl groups is 1. The van der Waals surface area contributed by atoms with Crippen molar-refractivity contribution in [3.8, 4) is 5.75 Å². The summed E-state index contributed by atoms with van der Waals surface area (Å²) >= 11 is 0. The van der Waals surface area contributed by atoms with Gasteiger partial charge in [0.05, 0.1) is 5.69 Å². The molecule has 0 aliphatic rings. The zero-order chi connectivity index (χ0) is 10.9. The summed E-state index contributed by atoms with van der Waals surface area (Å²) in [4.78, 5) is 0. The number of aryl methyl sites for hydroxylation is 1. The maximum absolute atomic E-state index is 9.83. The first-order valence-electron chi connectivity index (χ1n) is 5.20. The molecule has 80 valence electrons. The Balaban J connectivity index is 3.10. The smallest absolute Gasteiger partial charge is 0.159 e. The highest BCUT2D eigenvalue weighted by atomic mass is 16.3. The molecule has 0 bridgehead atoms. The average Bonchev–Trinajstić information content (AvgIpc) is 2.32. The molecule has 0 radical (unpaired) electrons. The van der Waals surface area contributed by atoms with Crippen LogP contribution in [0.5, 0.6) is 5.75 Å². The molecule has 3 heteroatoms. The Morgan fingerprint density at radius 1 is 1.29 bits per heavy atom. The topological polar surface area (TPSA) is 38.0 Å². The molecule has 0 fully saturated rings. The quantitative estimate of drug-likeness (QED) is 0.807. The fourth-order valence-electron chi connectivity index (χ4n) is 1.59. The number of hydrogen-bond donors (Lipinski definition) is 1. The minimum absolute atomic E-state index is 0.309. The highest BCUT2D eigenvalue weighted by molar-refractivity contribution is 5.31. The molecule has 14 heavy (non-hydrogen) atoms. The van der Waals surface area contributed by atoms with Crippen molar-refractivity contribution in [3.05, 3.63) is 11.4 Å². The molecule has 0 amide bonds. The van der Waals surface area contributed by atoms with Gasteiger partial charge in [-0.2, -0.15) is 5.10 Å². The van der Waals surface area contributed by atoms with Gasteiger partial charge in [0.15, 0.2) is 5.75 Å². The van der Waals surface area contributed by atoms with E-state index in [2.05, 4.69) is 32.8 Å². The summed E-state index contributed by atoms with van der Waals surface area (Å²) in [5.74, 6) is 0.905. The second-order valence-electron chi connectivity index (χ2n) is 4.52. The van der Waals surface area contributed by atoms with Crippen LogP contribution in [0.15, 0.2) is 0 Å². The molecule has 1 heterocycles. The van der Waals surface area contributed by atoms with Crippen LogP contribution in [0.3, 0.4) is 0 Å². The second kappa shape index (κ2) is 4.03. The van der Waals surface area contributed by atoms with Crippen LogP contribution in [0.1, 0.15) is 45.1 Å². The van der Waals surface area contributed by atoms with Crippen molar-refractivity contribution in [3.63, 3.8) is 0 Å². The van der Waals surface area contributed by atoms with E-state index in [0.29, 0.717) is 17.7 Å². The predicted molar refractivity (Wildman–Crippen MR) is 57.6 cm³/mol. The maximum Gasteiger partial charge on any atom is 0.159 e. The van der Waals surface area contributed by atoms with Crippen molar-refractivity contribution >= 4 is 0 Å². The van der Waals surface area contributed by atoms with Crippen LogP contribution in [0.2, 0.25) is 0 Å². The van der Waals surface area contributed by atoms with Gasteiger partial charge in [-0.1, -0.05) is 13.8 Å². The van der Waals surface area contributed by atoms with Gasteiger partial charge in [-0.05, 0) is 33.1 Å². The highest BCUT2D eigenvalue weighted by Crippen LogP contribution is 2.26. The summed E-state index contributed by atoms with van der Waals surface area (Å²) in [7, 11) is 0. The van der Waals surface area contributed by atoms with Gasteiger partial charge in [0.2, 0.25) is 0 Å². The second-order valence-corrected chi connectivity index (χ2v) is 4.52. The normalized spacial score (nSPS) is 11.6. The Bertz CT molecular complexity index is 313. The van der Waals surface area contributed by atoms with Gasteiger partial charge in [0.25, 0.3) is 0 Å². The zero-order valence-corrected chi connectivity index (χ0v) is 9.70. The van der Waals surface area contributed by atoms with Gasteiger partial charge in [-0.15, -0.1) is 0 Å². The molecule has 0 unspecified atom stereocenters. The van der Waals surface area contributed by atoms with Crippen LogP contribution < -0.4 is 0 Å². The van der Waals surface area contributed by atoms with E-state index in [0.717, 1.165) is 17.8 Å². The van der Waals surface area contributed by atoms with E-state index in [9.17, 15) is 5.11 Å². The largest absolute Gasteiger partial charge is 0.504 e. The number of aromatic nitrogens is 2. The summed E-state index contributed by atoms with van der Waals surface area (Å²) in [5.41, 5.74) is 1.70. The van der Waals surface area contributed by atoms with E-state index in [-0.39, 0.29) is 0 Å². The molecule has 1 aromatic rings. The molecule has 0 atom stereocenters. The van der Waals surface area contributed by atoms with Crippen LogP contribution >= 0.6 is 0 Å². The van der Waals surface area contributed by atoms with Crippen LogP contribution in [-0.4, -0.2) is 14.9 Å². The lowest BCUT2D eigenvalue weighted by atomic mass is 10.1. The zero-order valence-electron chi connectivity index (χ0n) is 9.70. The number of hydrogen-bond acceptors (Lipinski definition) is 2. The molecule has 1 rings (SSSR count). The van der Waals surface area contributed by atoms with Crippen molar-refractivity contribution in [1.29, 1.82) is 0 Å². The molecular formula is C11H20N2O. The maximum atomic E-state index is 9.83. The lowest BCUT2D eigenvalue weighted by Gasteiger charge is -2.12. The number of rotatable bonds is 3. The first kappa shape index (κ1) is 11.1. The van der Waals surface area contributed by atoms with E-state index < -0.39 is 0 Å². The van der Waals surface area contributed by atoms with Crippen LogP contribution in [0.25, 0.3) is 0 Å². The number of nitrogens with zero attached hydrogens (tertiary/aromatic N) is 2. The average molecular weight is 196 g/mol. The van der Waals surface area contributed by atoms with Crippen molar-refractivity contribution in [1.82, 2.24) is 9.78 Å². The van der Waals surface area contributed by atoms with Gasteiger partial charge in [-0.25, -0.2) is 0 Å². The lowest BCUT2D eigenvalue weighted by Crippen LogP contribution is -2.09. The first-order chi connectivity index (χ1) is 6.43. The summed E-state index contributed by atoms with van der Waals surface area (Å²) in [6.45, 7) is 10.3. The fraction of sp³-hybridized carbons (Fsp3) is 0.727. The summed E-state index contributed by atoms with van der Waals surface area (Å²) < 4.78 is 1.92. The molecule has 3 nitrogen and oxygen atoms in total. The SMILES string of the molecule is Cc1nn(C(C)C)c(CC(C)C)c1O. The van der Waals surface area contributed by atoms with Crippen LogP contribution in [-0.2, 0) is 6.42 Å². The predicted octanol–water partition coefficient (Wildman–Crippen LogP) is 2.68. The molecular weight excluding hydrogens is 176 g/mol. The van der Waals surface area contributed by atoms with E-state index in [1.807, 2.05) is 11.6 Å². The molecule has 0 aromatic carbocycles. The van der Waals surface area contributed by atoms with Gasteiger partial charge in [0, 0.05) is 6.04 Å². The summed E-state index contributed by atoms with van der Waals surface area (Å²) in [5, 5.41) is 14.2. The van der Waals surface area contributed by atoms with Crippen molar-refractivity contribution in [2.45, 2.75) is 47.1 Å². The van der Waals surface area contributed by atoms with Crippen LogP contribution in [0.4, 0.5) is 0 Å². The first-order valence-corrected chi connectivity index (χ1v) is 5.20. The van der Waals surface area contributed by atoms with E-state index in [1.165, 1.54) is 0 Å². The monoisotopic (exact) mass is 196 g/mol. The molecule has 1 aromatic heterocycles. The highest BCUT2D eigenvalue weighted by Gasteiger charge is 2.16. The van der Waals surface area contributed by atoms with Crippen molar-refractivity contribution < 1.29 is 5.11 Å². The Kier molecular flexibility index (Phi) is 3.19. The van der Waals surface area contributed by atoms with Gasteiger partial charge < -0.3 is 5.11 Å². The van der Waals surface area contributed by atoms with E-state index in [1.54, 1.807) is 0 Å². The van der Waals surface area contributed by atoms with E-state index in [4.69, 9.17) is 0 Å². The Morgan fingerprint density at radius 3 is 2.29 bits per heavy atom. The minimum atomic E-state index is 0.309. The van der Waals surface area contributed by atoms with Gasteiger partial charge in [-0.3, -0.25) is 4.68 Å².